The van der Waals surface area contributed by atoms with Gasteiger partial charge in [-0.2, -0.15) is 0 Å². The van der Waals surface area contributed by atoms with Crippen LogP contribution in [0, 0.1) is 6.92 Å². The summed E-state index contributed by atoms with van der Waals surface area (Å²) in [5.41, 5.74) is 2.23. The van der Waals surface area contributed by atoms with Gasteiger partial charge in [0.25, 0.3) is 0 Å². The van der Waals surface area contributed by atoms with E-state index < -0.39 is 0 Å². The van der Waals surface area contributed by atoms with E-state index in [0.29, 0.717) is 13.2 Å². The third kappa shape index (κ3) is 3.18. The highest BCUT2D eigenvalue weighted by Gasteiger charge is 2.17. The van der Waals surface area contributed by atoms with Gasteiger partial charge < -0.3 is 13.9 Å². The number of furan rings is 1. The molecule has 1 unspecified atom stereocenters. The van der Waals surface area contributed by atoms with Gasteiger partial charge in [0.2, 0.25) is 0 Å². The molecule has 0 fully saturated rings. The smallest absolute Gasteiger partial charge is 0.161 e. The van der Waals surface area contributed by atoms with Gasteiger partial charge >= 0.3 is 0 Å². The minimum absolute atomic E-state index is 0.0798. The second-order valence-corrected chi connectivity index (χ2v) is 5.28. The molecule has 0 aliphatic heterocycles. The van der Waals surface area contributed by atoms with Crippen LogP contribution in [-0.2, 0) is 0 Å². The molecule has 0 amide bonds. The topological polar surface area (TPSA) is 31.6 Å². The average Bonchev–Trinajstić information content (AvgIpc) is 2.86. The Bertz CT molecular complexity index is 563. The van der Waals surface area contributed by atoms with Gasteiger partial charge in [-0.1, -0.05) is 22.0 Å². The minimum Gasteiger partial charge on any atom is -0.490 e. The number of ether oxygens (including phenoxy) is 2. The van der Waals surface area contributed by atoms with Crippen molar-refractivity contribution in [2.45, 2.75) is 25.6 Å². The molecule has 2 aromatic rings. The lowest BCUT2D eigenvalue weighted by Crippen LogP contribution is -2.00. The van der Waals surface area contributed by atoms with Crippen molar-refractivity contribution in [1.29, 1.82) is 0 Å². The fraction of sp³-hybridized carbons (Fsp3) is 0.375. The molecule has 0 saturated heterocycles. The van der Waals surface area contributed by atoms with Gasteiger partial charge in [0.05, 0.1) is 24.3 Å². The number of hydrogen-bond acceptors (Lipinski definition) is 3. The van der Waals surface area contributed by atoms with E-state index in [1.54, 1.807) is 6.26 Å². The van der Waals surface area contributed by atoms with E-state index in [4.69, 9.17) is 13.9 Å². The second-order valence-electron chi connectivity index (χ2n) is 4.37. The molecule has 108 valence electrons. The summed E-state index contributed by atoms with van der Waals surface area (Å²) >= 11 is 3.72. The van der Waals surface area contributed by atoms with Crippen LogP contribution in [0.1, 0.15) is 35.6 Å². The van der Waals surface area contributed by atoms with Crippen molar-refractivity contribution in [3.63, 3.8) is 0 Å². The lowest BCUT2D eigenvalue weighted by molar-refractivity contribution is 0.287. The Morgan fingerprint density at radius 2 is 1.80 bits per heavy atom. The van der Waals surface area contributed by atoms with Crippen LogP contribution in [0.15, 0.2) is 34.9 Å². The summed E-state index contributed by atoms with van der Waals surface area (Å²) in [7, 11) is 0. The Balaban J connectivity index is 2.32. The zero-order valence-electron chi connectivity index (χ0n) is 12.0. The van der Waals surface area contributed by atoms with E-state index in [9.17, 15) is 0 Å². The SMILES string of the molecule is CCOc1ccc(C(Br)c2ccoc2C)cc1OCC. The highest BCUT2D eigenvalue weighted by Crippen LogP contribution is 2.38. The van der Waals surface area contributed by atoms with E-state index in [1.807, 2.05) is 45.0 Å². The quantitative estimate of drug-likeness (QED) is 0.704. The van der Waals surface area contributed by atoms with Gasteiger partial charge in [0, 0.05) is 5.56 Å². The summed E-state index contributed by atoms with van der Waals surface area (Å²) in [4.78, 5) is 0.0798. The number of hydrogen-bond donors (Lipinski definition) is 0. The molecule has 3 nitrogen and oxygen atoms in total. The average molecular weight is 339 g/mol. The van der Waals surface area contributed by atoms with Crippen molar-refractivity contribution in [2.24, 2.45) is 0 Å². The Labute approximate surface area is 128 Å². The van der Waals surface area contributed by atoms with Crippen LogP contribution in [-0.4, -0.2) is 13.2 Å². The fourth-order valence-electron chi connectivity index (χ4n) is 2.06. The van der Waals surface area contributed by atoms with Gasteiger partial charge in [-0.05, 0) is 44.5 Å². The van der Waals surface area contributed by atoms with Crippen LogP contribution in [0.4, 0.5) is 0 Å². The Hall–Kier alpha value is -1.42. The monoisotopic (exact) mass is 338 g/mol. The van der Waals surface area contributed by atoms with Gasteiger partial charge in [0.15, 0.2) is 11.5 Å². The zero-order valence-corrected chi connectivity index (χ0v) is 13.6. The Morgan fingerprint density at radius 3 is 2.40 bits per heavy atom. The normalized spacial score (nSPS) is 12.2. The van der Waals surface area contributed by atoms with Crippen LogP contribution >= 0.6 is 15.9 Å². The molecule has 0 bridgehead atoms. The summed E-state index contributed by atoms with van der Waals surface area (Å²) in [6, 6.07) is 7.98. The number of benzene rings is 1. The molecular formula is C16H19BrO3. The largest absolute Gasteiger partial charge is 0.490 e. The highest BCUT2D eigenvalue weighted by molar-refractivity contribution is 9.09. The maximum atomic E-state index is 5.66. The molecule has 20 heavy (non-hydrogen) atoms. The molecule has 0 aliphatic rings. The van der Waals surface area contributed by atoms with E-state index in [0.717, 1.165) is 28.4 Å². The first-order valence-electron chi connectivity index (χ1n) is 6.75. The summed E-state index contributed by atoms with van der Waals surface area (Å²) < 4.78 is 16.6. The second kappa shape index (κ2) is 6.84. The lowest BCUT2D eigenvalue weighted by Gasteiger charge is -2.15. The van der Waals surface area contributed by atoms with Crippen molar-refractivity contribution in [3.8, 4) is 11.5 Å². The predicted molar refractivity (Wildman–Crippen MR) is 83.0 cm³/mol. The fourth-order valence-corrected chi connectivity index (χ4v) is 2.82. The number of rotatable bonds is 6. The molecule has 0 aliphatic carbocycles. The van der Waals surface area contributed by atoms with Crippen molar-refractivity contribution >= 4 is 15.9 Å². The molecule has 0 N–H and O–H groups in total. The number of aryl methyl sites for hydroxylation is 1. The highest BCUT2D eigenvalue weighted by atomic mass is 79.9. The van der Waals surface area contributed by atoms with Crippen LogP contribution in [0.2, 0.25) is 0 Å². The Morgan fingerprint density at radius 1 is 1.10 bits per heavy atom. The van der Waals surface area contributed by atoms with E-state index in [-0.39, 0.29) is 4.83 Å². The molecule has 1 aromatic carbocycles. The van der Waals surface area contributed by atoms with Crippen molar-refractivity contribution in [2.75, 3.05) is 13.2 Å². The maximum absolute atomic E-state index is 5.66. The van der Waals surface area contributed by atoms with Crippen LogP contribution in [0.3, 0.4) is 0 Å². The first-order valence-corrected chi connectivity index (χ1v) is 7.66. The van der Waals surface area contributed by atoms with Crippen LogP contribution in [0.25, 0.3) is 0 Å². The van der Waals surface area contributed by atoms with Gasteiger partial charge in [-0.25, -0.2) is 0 Å². The first kappa shape index (κ1) is 15.0. The molecular weight excluding hydrogens is 320 g/mol. The molecule has 0 spiro atoms. The molecule has 2 rings (SSSR count). The van der Waals surface area contributed by atoms with E-state index in [2.05, 4.69) is 15.9 Å². The number of halogens is 1. The van der Waals surface area contributed by atoms with Crippen molar-refractivity contribution < 1.29 is 13.9 Å². The maximum Gasteiger partial charge on any atom is 0.161 e. The molecule has 0 radical (unpaired) electrons. The van der Waals surface area contributed by atoms with Crippen molar-refractivity contribution in [1.82, 2.24) is 0 Å². The molecule has 0 saturated carbocycles. The van der Waals surface area contributed by atoms with Crippen molar-refractivity contribution in [3.05, 3.63) is 47.4 Å². The van der Waals surface area contributed by atoms with E-state index >= 15 is 0 Å². The standard InChI is InChI=1S/C16H19BrO3/c1-4-18-14-7-6-12(10-15(14)19-5-2)16(17)13-8-9-20-11(13)3/h6-10,16H,4-5H2,1-3H3. The first-order chi connectivity index (χ1) is 9.67. The third-order valence-corrected chi connectivity index (χ3v) is 4.05. The van der Waals surface area contributed by atoms with Gasteiger partial charge in [-0.3, -0.25) is 0 Å². The summed E-state index contributed by atoms with van der Waals surface area (Å²) in [5, 5.41) is 0. The van der Waals surface area contributed by atoms with Gasteiger partial charge in [-0.15, -0.1) is 0 Å². The molecule has 1 aromatic heterocycles. The predicted octanol–water partition coefficient (Wildman–Crippen LogP) is 4.87. The Kier molecular flexibility index (Phi) is 5.12. The van der Waals surface area contributed by atoms with E-state index in [1.165, 1.54) is 0 Å². The lowest BCUT2D eigenvalue weighted by atomic mass is 10.1. The molecule has 1 heterocycles. The summed E-state index contributed by atoms with van der Waals surface area (Å²) in [6.07, 6.45) is 1.71. The zero-order chi connectivity index (χ0) is 14.5. The summed E-state index contributed by atoms with van der Waals surface area (Å²) in [6.45, 7) is 7.13. The van der Waals surface area contributed by atoms with Crippen LogP contribution < -0.4 is 9.47 Å². The summed E-state index contributed by atoms with van der Waals surface area (Å²) in [5.74, 6) is 2.47. The van der Waals surface area contributed by atoms with Crippen LogP contribution in [0.5, 0.6) is 11.5 Å². The number of alkyl halides is 1. The molecule has 1 atom stereocenters. The minimum atomic E-state index is 0.0798. The molecule has 4 heteroatoms. The van der Waals surface area contributed by atoms with Gasteiger partial charge in [0.1, 0.15) is 5.76 Å². The third-order valence-electron chi connectivity index (χ3n) is 3.03.